The van der Waals surface area contributed by atoms with E-state index in [2.05, 4.69) is 15.3 Å². The summed E-state index contributed by atoms with van der Waals surface area (Å²) >= 11 is 0. The van der Waals surface area contributed by atoms with Gasteiger partial charge < -0.3 is 5.32 Å². The summed E-state index contributed by atoms with van der Waals surface area (Å²) in [5.41, 5.74) is 1.64. The lowest BCUT2D eigenvalue weighted by atomic mass is 10.2. The van der Waals surface area contributed by atoms with Crippen molar-refractivity contribution in [2.24, 2.45) is 0 Å². The molecule has 0 unspecified atom stereocenters. The number of aromatic nitrogens is 2. The summed E-state index contributed by atoms with van der Waals surface area (Å²) in [6, 6.07) is 3.86. The maximum Gasteiger partial charge on any atom is 0.159 e. The molecule has 1 aromatic heterocycles. The predicted octanol–water partition coefficient (Wildman–Crippen LogP) is 2.04. The number of halogens is 2. The van der Waals surface area contributed by atoms with E-state index in [9.17, 15) is 8.78 Å². The summed E-state index contributed by atoms with van der Waals surface area (Å²) in [5, 5.41) is 3.10. The van der Waals surface area contributed by atoms with Gasteiger partial charge in [0.25, 0.3) is 0 Å². The van der Waals surface area contributed by atoms with E-state index >= 15 is 0 Å². The lowest BCUT2D eigenvalue weighted by Gasteiger charge is -2.04. The van der Waals surface area contributed by atoms with Gasteiger partial charge in [-0.05, 0) is 17.7 Å². The second-order valence-electron chi connectivity index (χ2n) is 3.60. The quantitative estimate of drug-likeness (QED) is 0.881. The highest BCUT2D eigenvalue weighted by Crippen LogP contribution is 2.08. The first-order valence-corrected chi connectivity index (χ1v) is 5.14. The Morgan fingerprint density at radius 1 is 0.941 bits per heavy atom. The van der Waals surface area contributed by atoms with Gasteiger partial charge in [-0.3, -0.25) is 0 Å². The van der Waals surface area contributed by atoms with Crippen LogP contribution in [0.5, 0.6) is 0 Å². The van der Waals surface area contributed by atoms with Gasteiger partial charge in [-0.15, -0.1) is 0 Å². The Balaban J connectivity index is 1.88. The van der Waals surface area contributed by atoms with E-state index < -0.39 is 11.6 Å². The zero-order valence-corrected chi connectivity index (χ0v) is 9.03. The van der Waals surface area contributed by atoms with Crippen LogP contribution in [-0.4, -0.2) is 9.97 Å². The van der Waals surface area contributed by atoms with Gasteiger partial charge in [-0.25, -0.2) is 18.7 Å². The maximum absolute atomic E-state index is 12.9. The SMILES string of the molecule is Fc1ccc(CNCc2cncnc2)cc1F. The van der Waals surface area contributed by atoms with Crippen LogP contribution >= 0.6 is 0 Å². The molecule has 1 heterocycles. The zero-order chi connectivity index (χ0) is 12.1. The standard InChI is InChI=1S/C12H11F2N3/c13-11-2-1-9(3-12(11)14)4-15-5-10-6-16-8-17-7-10/h1-3,6-8,15H,4-5H2. The van der Waals surface area contributed by atoms with Crippen LogP contribution in [0, 0.1) is 11.6 Å². The number of rotatable bonds is 4. The van der Waals surface area contributed by atoms with E-state index in [4.69, 9.17) is 0 Å². The van der Waals surface area contributed by atoms with E-state index in [0.717, 1.165) is 11.6 Å². The van der Waals surface area contributed by atoms with Crippen molar-refractivity contribution in [3.63, 3.8) is 0 Å². The monoisotopic (exact) mass is 235 g/mol. The molecule has 0 fully saturated rings. The molecular formula is C12H11F2N3. The van der Waals surface area contributed by atoms with Crippen LogP contribution in [0.25, 0.3) is 0 Å². The van der Waals surface area contributed by atoms with Crippen molar-refractivity contribution in [3.05, 3.63) is 59.7 Å². The molecule has 0 atom stereocenters. The number of benzene rings is 1. The third-order valence-electron chi connectivity index (χ3n) is 2.26. The largest absolute Gasteiger partial charge is 0.309 e. The average Bonchev–Trinajstić information content (AvgIpc) is 2.35. The van der Waals surface area contributed by atoms with Gasteiger partial charge in [0.2, 0.25) is 0 Å². The summed E-state index contributed by atoms with van der Waals surface area (Å²) in [5.74, 6) is -1.66. The molecule has 0 aliphatic rings. The first kappa shape index (κ1) is 11.6. The van der Waals surface area contributed by atoms with Crippen LogP contribution in [-0.2, 0) is 13.1 Å². The lowest BCUT2D eigenvalue weighted by Crippen LogP contribution is -2.13. The zero-order valence-electron chi connectivity index (χ0n) is 9.03. The van der Waals surface area contributed by atoms with Gasteiger partial charge in [0.1, 0.15) is 6.33 Å². The van der Waals surface area contributed by atoms with Crippen LogP contribution in [0.3, 0.4) is 0 Å². The van der Waals surface area contributed by atoms with E-state index in [1.54, 1.807) is 18.5 Å². The topological polar surface area (TPSA) is 37.8 Å². The second kappa shape index (κ2) is 5.45. The predicted molar refractivity (Wildman–Crippen MR) is 58.9 cm³/mol. The van der Waals surface area contributed by atoms with Crippen LogP contribution in [0.1, 0.15) is 11.1 Å². The third-order valence-corrected chi connectivity index (χ3v) is 2.26. The molecule has 0 saturated carbocycles. The fourth-order valence-corrected chi connectivity index (χ4v) is 1.42. The highest BCUT2D eigenvalue weighted by molar-refractivity contribution is 5.17. The molecule has 0 radical (unpaired) electrons. The van der Waals surface area contributed by atoms with E-state index in [1.165, 1.54) is 12.4 Å². The minimum atomic E-state index is -0.829. The van der Waals surface area contributed by atoms with Crippen molar-refractivity contribution in [1.82, 2.24) is 15.3 Å². The molecule has 1 N–H and O–H groups in total. The first-order valence-electron chi connectivity index (χ1n) is 5.14. The van der Waals surface area contributed by atoms with Crippen molar-refractivity contribution in [3.8, 4) is 0 Å². The molecule has 0 bridgehead atoms. The molecular weight excluding hydrogens is 224 g/mol. The normalized spacial score (nSPS) is 10.5. The van der Waals surface area contributed by atoms with Crippen molar-refractivity contribution in [1.29, 1.82) is 0 Å². The molecule has 5 heteroatoms. The van der Waals surface area contributed by atoms with E-state index in [0.29, 0.717) is 18.7 Å². The summed E-state index contributed by atoms with van der Waals surface area (Å²) in [6.07, 6.45) is 4.86. The van der Waals surface area contributed by atoms with Crippen molar-refractivity contribution in [2.75, 3.05) is 0 Å². The van der Waals surface area contributed by atoms with Crippen molar-refractivity contribution in [2.45, 2.75) is 13.1 Å². The molecule has 88 valence electrons. The van der Waals surface area contributed by atoms with Gasteiger partial charge in [-0.1, -0.05) is 6.07 Å². The minimum Gasteiger partial charge on any atom is -0.309 e. The second-order valence-corrected chi connectivity index (χ2v) is 3.60. The number of nitrogens with zero attached hydrogens (tertiary/aromatic N) is 2. The van der Waals surface area contributed by atoms with Gasteiger partial charge in [-0.2, -0.15) is 0 Å². The highest BCUT2D eigenvalue weighted by atomic mass is 19.2. The molecule has 17 heavy (non-hydrogen) atoms. The molecule has 2 aromatic rings. The van der Waals surface area contributed by atoms with Gasteiger partial charge in [0.15, 0.2) is 11.6 Å². The van der Waals surface area contributed by atoms with Gasteiger partial charge in [0.05, 0.1) is 0 Å². The first-order chi connectivity index (χ1) is 8.25. The Labute approximate surface area is 97.5 Å². The Morgan fingerprint density at radius 2 is 1.65 bits per heavy atom. The fraction of sp³-hybridized carbons (Fsp3) is 0.167. The Kier molecular flexibility index (Phi) is 3.72. The number of nitrogens with one attached hydrogen (secondary N) is 1. The molecule has 3 nitrogen and oxygen atoms in total. The average molecular weight is 235 g/mol. The smallest absolute Gasteiger partial charge is 0.159 e. The molecule has 0 aliphatic heterocycles. The minimum absolute atomic E-state index is 0.464. The van der Waals surface area contributed by atoms with Crippen LogP contribution in [0.2, 0.25) is 0 Å². The van der Waals surface area contributed by atoms with Crippen LogP contribution in [0.15, 0.2) is 36.9 Å². The molecule has 0 aliphatic carbocycles. The lowest BCUT2D eigenvalue weighted by molar-refractivity contribution is 0.506. The van der Waals surface area contributed by atoms with E-state index in [1.807, 2.05) is 0 Å². The Hall–Kier alpha value is -1.88. The van der Waals surface area contributed by atoms with Crippen LogP contribution in [0.4, 0.5) is 8.78 Å². The van der Waals surface area contributed by atoms with Crippen LogP contribution < -0.4 is 5.32 Å². The van der Waals surface area contributed by atoms with Gasteiger partial charge >= 0.3 is 0 Å². The Morgan fingerprint density at radius 3 is 2.35 bits per heavy atom. The summed E-state index contributed by atoms with van der Waals surface area (Å²) in [7, 11) is 0. The molecule has 0 spiro atoms. The third kappa shape index (κ3) is 3.29. The van der Waals surface area contributed by atoms with Crippen molar-refractivity contribution >= 4 is 0 Å². The molecule has 2 rings (SSSR count). The fourth-order valence-electron chi connectivity index (χ4n) is 1.42. The maximum atomic E-state index is 12.9. The number of hydrogen-bond acceptors (Lipinski definition) is 3. The molecule has 0 amide bonds. The van der Waals surface area contributed by atoms with Crippen molar-refractivity contribution < 1.29 is 8.78 Å². The summed E-state index contributed by atoms with van der Waals surface area (Å²) in [4.78, 5) is 7.75. The van der Waals surface area contributed by atoms with E-state index in [-0.39, 0.29) is 0 Å². The summed E-state index contributed by atoms with van der Waals surface area (Å²) < 4.78 is 25.6. The summed E-state index contributed by atoms with van der Waals surface area (Å²) in [6.45, 7) is 1.05. The molecule has 1 aromatic carbocycles. The number of hydrogen-bond donors (Lipinski definition) is 1. The van der Waals surface area contributed by atoms with Gasteiger partial charge in [0, 0.05) is 31.0 Å². The Bertz CT molecular complexity index is 488. The highest BCUT2D eigenvalue weighted by Gasteiger charge is 2.02. The molecule has 0 saturated heterocycles.